The third-order valence-electron chi connectivity index (χ3n) is 3.22. The van der Waals surface area contributed by atoms with Gasteiger partial charge in [-0.1, -0.05) is 38.8 Å². The Labute approximate surface area is 114 Å². The summed E-state index contributed by atoms with van der Waals surface area (Å²) in [6, 6.07) is 6.81. The minimum Gasteiger partial charge on any atom is -0.366 e. The minimum absolute atomic E-state index is 0.0131. The summed E-state index contributed by atoms with van der Waals surface area (Å²) in [6.07, 6.45) is 3.77. The van der Waals surface area contributed by atoms with Crippen LogP contribution in [0, 0.1) is 5.92 Å². The second-order valence-electron chi connectivity index (χ2n) is 4.65. The molecule has 0 radical (unpaired) electrons. The molecule has 4 heteroatoms. The van der Waals surface area contributed by atoms with Crippen LogP contribution in [0.1, 0.15) is 49.9 Å². The highest BCUT2D eigenvalue weighted by Crippen LogP contribution is 2.19. The van der Waals surface area contributed by atoms with E-state index in [4.69, 9.17) is 5.73 Å². The maximum absolute atomic E-state index is 12.2. The minimum atomic E-state index is -0.530. The van der Waals surface area contributed by atoms with Crippen molar-refractivity contribution in [1.29, 1.82) is 0 Å². The Kier molecular flexibility index (Phi) is 6.06. The molecule has 0 aliphatic heterocycles. The normalized spacial score (nSPS) is 11.9. The predicted octanol–water partition coefficient (Wildman–Crippen LogP) is 2.94. The third-order valence-corrected chi connectivity index (χ3v) is 3.22. The molecule has 104 valence electrons. The van der Waals surface area contributed by atoms with Crippen molar-refractivity contribution >= 4 is 17.5 Å². The second kappa shape index (κ2) is 7.56. The SMILES string of the molecule is CCCC[C@H](CC)C(=O)Nc1ccccc1C(N)=O. The first-order valence-corrected chi connectivity index (χ1v) is 6.79. The van der Waals surface area contributed by atoms with Gasteiger partial charge in [-0.15, -0.1) is 0 Å². The molecule has 0 fully saturated rings. The lowest BCUT2D eigenvalue weighted by molar-refractivity contribution is -0.120. The van der Waals surface area contributed by atoms with E-state index in [1.165, 1.54) is 0 Å². The fourth-order valence-electron chi connectivity index (χ4n) is 2.01. The van der Waals surface area contributed by atoms with Gasteiger partial charge in [-0.25, -0.2) is 0 Å². The van der Waals surface area contributed by atoms with Crippen LogP contribution in [-0.2, 0) is 4.79 Å². The molecule has 1 atom stereocenters. The predicted molar refractivity (Wildman–Crippen MR) is 76.9 cm³/mol. The Morgan fingerprint density at radius 1 is 1.26 bits per heavy atom. The summed E-state index contributed by atoms with van der Waals surface area (Å²) in [6.45, 7) is 4.10. The van der Waals surface area contributed by atoms with Gasteiger partial charge in [0, 0.05) is 5.92 Å². The average molecular weight is 262 g/mol. The van der Waals surface area contributed by atoms with E-state index in [2.05, 4.69) is 12.2 Å². The van der Waals surface area contributed by atoms with Crippen LogP contribution in [0.5, 0.6) is 0 Å². The van der Waals surface area contributed by atoms with Crippen molar-refractivity contribution in [3.63, 3.8) is 0 Å². The summed E-state index contributed by atoms with van der Waals surface area (Å²) < 4.78 is 0. The molecule has 0 aromatic heterocycles. The molecule has 19 heavy (non-hydrogen) atoms. The first kappa shape index (κ1) is 15.2. The molecule has 0 heterocycles. The number of carbonyl (C=O) groups excluding carboxylic acids is 2. The molecule has 0 spiro atoms. The van der Waals surface area contributed by atoms with Crippen molar-refractivity contribution < 1.29 is 9.59 Å². The Morgan fingerprint density at radius 2 is 1.95 bits per heavy atom. The molecule has 2 amide bonds. The van der Waals surface area contributed by atoms with Gasteiger partial charge >= 0.3 is 0 Å². The number of nitrogens with two attached hydrogens (primary N) is 1. The number of unbranched alkanes of at least 4 members (excludes halogenated alkanes) is 1. The van der Waals surface area contributed by atoms with Crippen LogP contribution in [0.3, 0.4) is 0 Å². The Balaban J connectivity index is 2.78. The fraction of sp³-hybridized carbons (Fsp3) is 0.467. The summed E-state index contributed by atoms with van der Waals surface area (Å²) in [7, 11) is 0. The first-order chi connectivity index (χ1) is 9.10. The summed E-state index contributed by atoms with van der Waals surface area (Å²) in [5, 5.41) is 2.81. The highest BCUT2D eigenvalue weighted by Gasteiger charge is 2.17. The maximum Gasteiger partial charge on any atom is 0.250 e. The fourth-order valence-corrected chi connectivity index (χ4v) is 2.01. The van der Waals surface area contributed by atoms with Gasteiger partial charge in [-0.3, -0.25) is 9.59 Å². The van der Waals surface area contributed by atoms with E-state index in [0.717, 1.165) is 25.7 Å². The number of rotatable bonds is 7. The molecule has 0 aliphatic carbocycles. The van der Waals surface area contributed by atoms with Crippen LogP contribution in [-0.4, -0.2) is 11.8 Å². The number of benzene rings is 1. The van der Waals surface area contributed by atoms with Gasteiger partial charge in [-0.05, 0) is 25.0 Å². The van der Waals surface area contributed by atoms with Gasteiger partial charge in [0.2, 0.25) is 5.91 Å². The zero-order valence-electron chi connectivity index (χ0n) is 11.6. The summed E-state index contributed by atoms with van der Waals surface area (Å²) in [5.74, 6) is -0.581. The molecule has 1 rings (SSSR count). The molecule has 0 bridgehead atoms. The Hall–Kier alpha value is -1.84. The van der Waals surface area contributed by atoms with Gasteiger partial charge in [0.05, 0.1) is 11.3 Å². The van der Waals surface area contributed by atoms with E-state index in [9.17, 15) is 9.59 Å². The van der Waals surface area contributed by atoms with Crippen molar-refractivity contribution in [2.24, 2.45) is 11.7 Å². The van der Waals surface area contributed by atoms with Gasteiger partial charge in [0.1, 0.15) is 0 Å². The lowest BCUT2D eigenvalue weighted by atomic mass is 9.98. The monoisotopic (exact) mass is 262 g/mol. The van der Waals surface area contributed by atoms with Gasteiger partial charge in [-0.2, -0.15) is 0 Å². The molecular formula is C15H22N2O2. The maximum atomic E-state index is 12.2. The van der Waals surface area contributed by atoms with E-state index in [-0.39, 0.29) is 11.8 Å². The van der Waals surface area contributed by atoms with Crippen molar-refractivity contribution in [2.75, 3.05) is 5.32 Å². The van der Waals surface area contributed by atoms with E-state index >= 15 is 0 Å². The number of hydrogen-bond acceptors (Lipinski definition) is 2. The average Bonchev–Trinajstić information content (AvgIpc) is 2.40. The molecule has 1 aromatic rings. The van der Waals surface area contributed by atoms with Crippen LogP contribution < -0.4 is 11.1 Å². The topological polar surface area (TPSA) is 72.2 Å². The number of carbonyl (C=O) groups is 2. The molecular weight excluding hydrogens is 240 g/mol. The van der Waals surface area contributed by atoms with Crippen LogP contribution in [0.15, 0.2) is 24.3 Å². The molecule has 3 N–H and O–H groups in total. The lowest BCUT2D eigenvalue weighted by Crippen LogP contribution is -2.24. The van der Waals surface area contributed by atoms with Crippen LogP contribution in [0.25, 0.3) is 0 Å². The molecule has 4 nitrogen and oxygen atoms in total. The van der Waals surface area contributed by atoms with Crippen molar-refractivity contribution in [1.82, 2.24) is 0 Å². The van der Waals surface area contributed by atoms with E-state index in [1.54, 1.807) is 24.3 Å². The number of amides is 2. The van der Waals surface area contributed by atoms with Crippen LogP contribution in [0.2, 0.25) is 0 Å². The molecule has 0 unspecified atom stereocenters. The number of nitrogens with one attached hydrogen (secondary N) is 1. The summed E-state index contributed by atoms with van der Waals surface area (Å²) in [5.41, 5.74) is 6.13. The molecule has 1 aromatic carbocycles. The Bertz CT molecular complexity index is 444. The number of anilines is 1. The zero-order chi connectivity index (χ0) is 14.3. The van der Waals surface area contributed by atoms with Gasteiger partial charge < -0.3 is 11.1 Å². The van der Waals surface area contributed by atoms with Crippen molar-refractivity contribution in [2.45, 2.75) is 39.5 Å². The second-order valence-corrected chi connectivity index (χ2v) is 4.65. The van der Waals surface area contributed by atoms with E-state index in [1.807, 2.05) is 6.92 Å². The standard InChI is InChI=1S/C15H22N2O2/c1-3-5-8-11(4-2)15(19)17-13-10-7-6-9-12(13)14(16)18/h6-7,9-11H,3-5,8H2,1-2H3,(H2,16,18)(H,17,19)/t11-/m0/s1. The molecule has 0 aliphatic rings. The summed E-state index contributed by atoms with van der Waals surface area (Å²) in [4.78, 5) is 23.4. The number of primary amides is 1. The first-order valence-electron chi connectivity index (χ1n) is 6.79. The van der Waals surface area contributed by atoms with Crippen LogP contribution in [0.4, 0.5) is 5.69 Å². The molecule has 0 saturated carbocycles. The van der Waals surface area contributed by atoms with Crippen molar-refractivity contribution in [3.8, 4) is 0 Å². The number of hydrogen-bond donors (Lipinski definition) is 2. The van der Waals surface area contributed by atoms with E-state index in [0.29, 0.717) is 11.3 Å². The Morgan fingerprint density at radius 3 is 2.53 bits per heavy atom. The quantitative estimate of drug-likeness (QED) is 0.793. The lowest BCUT2D eigenvalue weighted by Gasteiger charge is -2.15. The van der Waals surface area contributed by atoms with Gasteiger partial charge in [0.15, 0.2) is 0 Å². The highest BCUT2D eigenvalue weighted by atomic mass is 16.2. The molecule has 0 saturated heterocycles. The zero-order valence-corrected chi connectivity index (χ0v) is 11.6. The third kappa shape index (κ3) is 4.39. The van der Waals surface area contributed by atoms with Crippen molar-refractivity contribution in [3.05, 3.63) is 29.8 Å². The number of para-hydroxylation sites is 1. The smallest absolute Gasteiger partial charge is 0.250 e. The summed E-state index contributed by atoms with van der Waals surface area (Å²) >= 11 is 0. The van der Waals surface area contributed by atoms with Gasteiger partial charge in [0.25, 0.3) is 5.91 Å². The van der Waals surface area contributed by atoms with E-state index < -0.39 is 5.91 Å². The highest BCUT2D eigenvalue weighted by molar-refractivity contribution is 6.03. The van der Waals surface area contributed by atoms with Crippen LogP contribution >= 0.6 is 0 Å². The largest absolute Gasteiger partial charge is 0.366 e.